The van der Waals surface area contributed by atoms with E-state index in [1.165, 1.54) is 30.1 Å². The molecule has 2 heterocycles. The van der Waals surface area contributed by atoms with Gasteiger partial charge in [-0.2, -0.15) is 5.10 Å². The summed E-state index contributed by atoms with van der Waals surface area (Å²) in [4.78, 5) is 16.4. The molecule has 33 heavy (non-hydrogen) atoms. The van der Waals surface area contributed by atoms with Gasteiger partial charge in [0.15, 0.2) is 22.5 Å². The molecule has 0 atom stereocenters. The minimum atomic E-state index is -0.340. The average molecular weight is 525 g/mol. The highest BCUT2D eigenvalue weighted by molar-refractivity contribution is 9.10. The maximum Gasteiger partial charge on any atom is 0.250 e. The molecule has 0 radical (unpaired) electrons. The van der Waals surface area contributed by atoms with E-state index in [9.17, 15) is 15.0 Å². The van der Waals surface area contributed by atoms with Crippen molar-refractivity contribution in [3.8, 4) is 28.6 Å². The molecule has 0 saturated heterocycles. The van der Waals surface area contributed by atoms with E-state index in [-0.39, 0.29) is 23.2 Å². The number of nitrogens with zero attached hydrogens (tertiary/aromatic N) is 5. The third kappa shape index (κ3) is 5.57. The summed E-state index contributed by atoms with van der Waals surface area (Å²) in [7, 11) is 0. The first-order valence-electron chi connectivity index (χ1n) is 9.60. The van der Waals surface area contributed by atoms with Crippen LogP contribution >= 0.6 is 27.7 Å². The summed E-state index contributed by atoms with van der Waals surface area (Å²) < 4.78 is 2.81. The number of nitrogens with one attached hydrogen (secondary N) is 1. The molecular weight excluding hydrogens is 508 g/mol. The number of carbonyl (C=O) groups is 1. The first-order chi connectivity index (χ1) is 16.0. The first-order valence-corrected chi connectivity index (χ1v) is 11.4. The van der Waals surface area contributed by atoms with Gasteiger partial charge in [0.05, 0.1) is 12.0 Å². The quantitative estimate of drug-likeness (QED) is 0.145. The number of halogens is 1. The zero-order valence-corrected chi connectivity index (χ0v) is 19.4. The normalized spacial score (nSPS) is 11.1. The molecule has 4 rings (SSSR count). The number of rotatable bonds is 7. The van der Waals surface area contributed by atoms with Gasteiger partial charge in [0, 0.05) is 28.1 Å². The summed E-state index contributed by atoms with van der Waals surface area (Å²) in [6.07, 6.45) is 4.76. The molecule has 0 aliphatic carbocycles. The molecule has 9 nitrogen and oxygen atoms in total. The number of thioether (sulfide) groups is 1. The summed E-state index contributed by atoms with van der Waals surface area (Å²) >= 11 is 4.66. The van der Waals surface area contributed by atoms with Crippen LogP contribution in [0.5, 0.6) is 11.5 Å². The molecule has 166 valence electrons. The number of phenolic OH excluding ortho intramolecular Hbond substituents is 2. The standard InChI is InChI=1S/C22H17BrN6O3S/c23-16-4-6-17(7-5-16)29-21(15-2-1-9-24-12-15)27-28-22(29)33-13-20(32)26-25-11-14-3-8-18(30)19(31)10-14/h1-12,30-31H,13H2,(H,26,32)/b25-11+. The van der Waals surface area contributed by atoms with E-state index in [4.69, 9.17) is 0 Å². The van der Waals surface area contributed by atoms with Gasteiger partial charge in [-0.1, -0.05) is 27.7 Å². The van der Waals surface area contributed by atoms with Gasteiger partial charge in [-0.15, -0.1) is 10.2 Å². The molecule has 1 amide bonds. The van der Waals surface area contributed by atoms with Crippen molar-refractivity contribution in [3.63, 3.8) is 0 Å². The van der Waals surface area contributed by atoms with E-state index in [0.29, 0.717) is 16.5 Å². The van der Waals surface area contributed by atoms with Crippen molar-refractivity contribution < 1.29 is 15.0 Å². The van der Waals surface area contributed by atoms with Gasteiger partial charge in [0.2, 0.25) is 0 Å². The Morgan fingerprint density at radius 1 is 1.12 bits per heavy atom. The van der Waals surface area contributed by atoms with E-state index in [2.05, 4.69) is 41.6 Å². The average Bonchev–Trinajstić information content (AvgIpc) is 3.25. The van der Waals surface area contributed by atoms with Crippen molar-refractivity contribution in [3.05, 3.63) is 77.0 Å². The predicted octanol–water partition coefficient (Wildman–Crippen LogP) is 3.75. The lowest BCUT2D eigenvalue weighted by atomic mass is 10.2. The Balaban J connectivity index is 1.49. The van der Waals surface area contributed by atoms with Gasteiger partial charge < -0.3 is 10.2 Å². The number of hydrogen-bond donors (Lipinski definition) is 3. The van der Waals surface area contributed by atoms with E-state index >= 15 is 0 Å². The molecule has 2 aromatic carbocycles. The number of hydrogen-bond acceptors (Lipinski definition) is 8. The van der Waals surface area contributed by atoms with Crippen molar-refractivity contribution in [2.24, 2.45) is 5.10 Å². The molecule has 0 fully saturated rings. The molecule has 4 aromatic rings. The summed E-state index contributed by atoms with van der Waals surface area (Å²) in [6.45, 7) is 0. The molecule has 0 aliphatic rings. The fourth-order valence-corrected chi connectivity index (χ4v) is 3.84. The highest BCUT2D eigenvalue weighted by atomic mass is 79.9. The maximum absolute atomic E-state index is 12.3. The SMILES string of the molecule is O=C(CSc1nnc(-c2cccnc2)n1-c1ccc(Br)cc1)N/N=C/c1ccc(O)c(O)c1. The van der Waals surface area contributed by atoms with E-state index in [1.54, 1.807) is 18.5 Å². The molecule has 0 saturated carbocycles. The van der Waals surface area contributed by atoms with Gasteiger partial charge in [0.1, 0.15) is 0 Å². The molecule has 2 aromatic heterocycles. The smallest absolute Gasteiger partial charge is 0.250 e. The molecular formula is C22H17BrN6O3S. The zero-order chi connectivity index (χ0) is 23.2. The number of hydrazone groups is 1. The maximum atomic E-state index is 12.3. The Bertz CT molecular complexity index is 1300. The van der Waals surface area contributed by atoms with Gasteiger partial charge in [0.25, 0.3) is 5.91 Å². The van der Waals surface area contributed by atoms with Crippen molar-refractivity contribution in [1.82, 2.24) is 25.2 Å². The summed E-state index contributed by atoms with van der Waals surface area (Å²) in [6, 6.07) is 15.6. The fourth-order valence-electron chi connectivity index (χ4n) is 2.83. The van der Waals surface area contributed by atoms with E-state index in [0.717, 1.165) is 15.7 Å². The third-order valence-electron chi connectivity index (χ3n) is 4.37. The second kappa shape index (κ2) is 10.3. The molecule has 0 aliphatic heterocycles. The van der Waals surface area contributed by atoms with Crippen LogP contribution in [0.2, 0.25) is 0 Å². The second-order valence-electron chi connectivity index (χ2n) is 6.69. The summed E-state index contributed by atoms with van der Waals surface area (Å²) in [5.74, 6) is -0.170. The van der Waals surface area contributed by atoms with Crippen LogP contribution in [0, 0.1) is 0 Å². The second-order valence-corrected chi connectivity index (χ2v) is 8.55. The van der Waals surface area contributed by atoms with Gasteiger partial charge in [-0.3, -0.25) is 14.3 Å². The first kappa shape index (κ1) is 22.5. The lowest BCUT2D eigenvalue weighted by Crippen LogP contribution is -2.20. The van der Waals surface area contributed by atoms with Crippen LogP contribution in [0.25, 0.3) is 17.1 Å². The molecule has 0 unspecified atom stereocenters. The summed E-state index contributed by atoms with van der Waals surface area (Å²) in [5.41, 5.74) is 4.59. The lowest BCUT2D eigenvalue weighted by Gasteiger charge is -2.10. The van der Waals surface area contributed by atoms with E-state index < -0.39 is 0 Å². The number of amides is 1. The number of aromatic hydroxyl groups is 2. The molecule has 11 heteroatoms. The topological polar surface area (TPSA) is 126 Å². The highest BCUT2D eigenvalue weighted by Gasteiger charge is 2.17. The number of benzene rings is 2. The van der Waals surface area contributed by atoms with Crippen molar-refractivity contribution in [2.75, 3.05) is 5.75 Å². The largest absolute Gasteiger partial charge is 0.504 e. The van der Waals surface area contributed by atoms with Crippen molar-refractivity contribution >= 4 is 39.8 Å². The number of pyridine rings is 1. The lowest BCUT2D eigenvalue weighted by molar-refractivity contribution is -0.118. The van der Waals surface area contributed by atoms with Crippen LogP contribution in [0.1, 0.15) is 5.56 Å². The van der Waals surface area contributed by atoms with Crippen LogP contribution in [0.4, 0.5) is 0 Å². The summed E-state index contributed by atoms with van der Waals surface area (Å²) in [5, 5.41) is 31.9. The Labute approximate surface area is 201 Å². The highest BCUT2D eigenvalue weighted by Crippen LogP contribution is 2.28. The fraction of sp³-hybridized carbons (Fsp3) is 0.0455. The van der Waals surface area contributed by atoms with E-state index in [1.807, 2.05) is 41.0 Å². The van der Waals surface area contributed by atoms with Gasteiger partial charge >= 0.3 is 0 Å². The van der Waals surface area contributed by atoms with Crippen molar-refractivity contribution in [2.45, 2.75) is 5.16 Å². The number of carbonyl (C=O) groups excluding carboxylic acids is 1. The minimum Gasteiger partial charge on any atom is -0.504 e. The van der Waals surface area contributed by atoms with Crippen LogP contribution in [-0.4, -0.2) is 47.8 Å². The Morgan fingerprint density at radius 3 is 2.67 bits per heavy atom. The van der Waals surface area contributed by atoms with Crippen LogP contribution < -0.4 is 5.43 Å². The number of aromatic nitrogens is 4. The van der Waals surface area contributed by atoms with Crippen LogP contribution in [-0.2, 0) is 4.79 Å². The minimum absolute atomic E-state index is 0.0554. The molecule has 0 bridgehead atoms. The third-order valence-corrected chi connectivity index (χ3v) is 5.83. The zero-order valence-electron chi connectivity index (χ0n) is 17.0. The monoisotopic (exact) mass is 524 g/mol. The van der Waals surface area contributed by atoms with Gasteiger partial charge in [-0.05, 0) is 60.2 Å². The molecule has 3 N–H and O–H groups in total. The van der Waals surface area contributed by atoms with Gasteiger partial charge in [-0.25, -0.2) is 5.43 Å². The van der Waals surface area contributed by atoms with Crippen LogP contribution in [0.15, 0.2) is 81.7 Å². The Hall–Kier alpha value is -3.70. The Kier molecular flexibility index (Phi) is 7.01. The van der Waals surface area contributed by atoms with Crippen LogP contribution in [0.3, 0.4) is 0 Å². The number of phenols is 2. The van der Waals surface area contributed by atoms with Crippen molar-refractivity contribution in [1.29, 1.82) is 0 Å². The predicted molar refractivity (Wildman–Crippen MR) is 129 cm³/mol. The Morgan fingerprint density at radius 2 is 1.94 bits per heavy atom. The molecule has 0 spiro atoms.